The van der Waals surface area contributed by atoms with Gasteiger partial charge in [-0.2, -0.15) is 0 Å². The number of halogens is 1. The lowest BCUT2D eigenvalue weighted by Gasteiger charge is -2.10. The summed E-state index contributed by atoms with van der Waals surface area (Å²) in [6.45, 7) is 6.50. The predicted molar refractivity (Wildman–Crippen MR) is 115 cm³/mol. The van der Waals surface area contributed by atoms with Crippen LogP contribution in [0.1, 0.15) is 22.5 Å². The minimum atomic E-state index is 0.439. The molecule has 4 rings (SSSR count). The van der Waals surface area contributed by atoms with Crippen molar-refractivity contribution < 1.29 is 4.74 Å². The fraction of sp³-hybridized carbons (Fsp3) is 0.174. The third kappa shape index (κ3) is 4.30. The number of nitrogens with zero attached hydrogens (tertiary/aromatic N) is 3. The van der Waals surface area contributed by atoms with Gasteiger partial charge in [0, 0.05) is 23.7 Å². The Morgan fingerprint density at radius 1 is 0.966 bits per heavy atom. The summed E-state index contributed by atoms with van der Waals surface area (Å²) >= 11 is 5.93. The van der Waals surface area contributed by atoms with Crippen molar-refractivity contribution in [3.8, 4) is 28.5 Å². The van der Waals surface area contributed by atoms with E-state index in [0.717, 1.165) is 51.0 Å². The number of hydrogen-bond donors (Lipinski definition) is 1. The van der Waals surface area contributed by atoms with Crippen molar-refractivity contribution in [1.82, 2.24) is 19.9 Å². The summed E-state index contributed by atoms with van der Waals surface area (Å²) in [6, 6.07) is 13.8. The van der Waals surface area contributed by atoms with Gasteiger partial charge in [0.05, 0.1) is 16.4 Å². The molecule has 29 heavy (non-hydrogen) atoms. The molecular formula is C23H21ClN4O. The Hall–Kier alpha value is -3.18. The van der Waals surface area contributed by atoms with Crippen LogP contribution in [0.2, 0.25) is 5.02 Å². The number of rotatable bonds is 5. The molecule has 1 aromatic carbocycles. The van der Waals surface area contributed by atoms with Crippen molar-refractivity contribution in [1.29, 1.82) is 0 Å². The highest BCUT2D eigenvalue weighted by Crippen LogP contribution is 2.29. The zero-order chi connectivity index (χ0) is 20.4. The minimum Gasteiger partial charge on any atom is -0.487 e. The number of pyridine rings is 2. The quantitative estimate of drug-likeness (QED) is 0.464. The maximum atomic E-state index is 5.96. The van der Waals surface area contributed by atoms with E-state index >= 15 is 0 Å². The summed E-state index contributed by atoms with van der Waals surface area (Å²) in [7, 11) is 0. The normalized spacial score (nSPS) is 10.9. The molecule has 0 radical (unpaired) electrons. The molecule has 0 aliphatic heterocycles. The van der Waals surface area contributed by atoms with E-state index in [9.17, 15) is 0 Å². The first kappa shape index (κ1) is 19.2. The topological polar surface area (TPSA) is 63.7 Å². The molecular weight excluding hydrogens is 384 g/mol. The molecule has 0 spiro atoms. The molecule has 0 atom stereocenters. The van der Waals surface area contributed by atoms with Crippen LogP contribution < -0.4 is 4.74 Å². The van der Waals surface area contributed by atoms with E-state index in [1.807, 2.05) is 57.3 Å². The maximum Gasteiger partial charge on any atom is 0.156 e. The molecule has 3 aromatic heterocycles. The number of ether oxygens (including phenoxy) is 1. The maximum absolute atomic E-state index is 5.96. The fourth-order valence-electron chi connectivity index (χ4n) is 3.07. The first-order valence-electron chi connectivity index (χ1n) is 9.33. The molecule has 5 nitrogen and oxygen atoms in total. The summed E-state index contributed by atoms with van der Waals surface area (Å²) in [5.74, 6) is 1.56. The summed E-state index contributed by atoms with van der Waals surface area (Å²) in [5, 5.41) is 0.601. The van der Waals surface area contributed by atoms with Crippen molar-refractivity contribution in [2.24, 2.45) is 0 Å². The van der Waals surface area contributed by atoms with Gasteiger partial charge in [-0.05, 0) is 68.3 Å². The smallest absolute Gasteiger partial charge is 0.156 e. The van der Waals surface area contributed by atoms with Gasteiger partial charge in [0.2, 0.25) is 0 Å². The monoisotopic (exact) mass is 404 g/mol. The van der Waals surface area contributed by atoms with Gasteiger partial charge in [-0.15, -0.1) is 0 Å². The first-order valence-corrected chi connectivity index (χ1v) is 9.71. The van der Waals surface area contributed by atoms with Crippen LogP contribution in [0.5, 0.6) is 5.75 Å². The molecule has 3 heterocycles. The Morgan fingerprint density at radius 2 is 1.83 bits per heavy atom. The third-order valence-corrected chi connectivity index (χ3v) is 4.87. The first-order chi connectivity index (χ1) is 14.0. The van der Waals surface area contributed by atoms with Gasteiger partial charge in [0.25, 0.3) is 0 Å². The number of nitrogens with one attached hydrogen (secondary N) is 1. The molecule has 6 heteroatoms. The Bertz CT molecular complexity index is 1130. The van der Waals surface area contributed by atoms with Crippen LogP contribution in [0.25, 0.3) is 22.8 Å². The largest absolute Gasteiger partial charge is 0.487 e. The second-order valence-electron chi connectivity index (χ2n) is 7.02. The van der Waals surface area contributed by atoms with Crippen molar-refractivity contribution in [2.75, 3.05) is 0 Å². The van der Waals surface area contributed by atoms with E-state index in [2.05, 4.69) is 21.0 Å². The van der Waals surface area contributed by atoms with Crippen molar-refractivity contribution in [3.63, 3.8) is 0 Å². The Morgan fingerprint density at radius 3 is 2.52 bits per heavy atom. The van der Waals surface area contributed by atoms with Crippen LogP contribution in [0, 0.1) is 20.8 Å². The summed E-state index contributed by atoms with van der Waals surface area (Å²) < 4.78 is 5.96. The van der Waals surface area contributed by atoms with Crippen LogP contribution in [-0.2, 0) is 6.61 Å². The van der Waals surface area contributed by atoms with E-state index in [1.54, 1.807) is 12.3 Å². The van der Waals surface area contributed by atoms with Crippen molar-refractivity contribution in [2.45, 2.75) is 27.4 Å². The van der Waals surface area contributed by atoms with Crippen LogP contribution in [0.3, 0.4) is 0 Å². The lowest BCUT2D eigenvalue weighted by molar-refractivity contribution is 0.299. The molecule has 0 aliphatic carbocycles. The van der Waals surface area contributed by atoms with Crippen molar-refractivity contribution in [3.05, 3.63) is 82.4 Å². The Labute approximate surface area is 174 Å². The number of aromatic amines is 1. The van der Waals surface area contributed by atoms with Crippen LogP contribution in [0.15, 0.2) is 54.9 Å². The average molecular weight is 405 g/mol. The van der Waals surface area contributed by atoms with Crippen molar-refractivity contribution >= 4 is 11.6 Å². The standard InChI is InChI=1S/C23H21ClN4O/c1-14-4-7-19(25-11-14)13-29-21-9-5-17(10-15(21)2)22-16(3)27-23(28-22)20-8-6-18(24)12-26-20/h4-12H,13H2,1-3H3,(H,27,28). The Balaban J connectivity index is 1.54. The molecule has 0 amide bonds. The molecule has 0 saturated heterocycles. The van der Waals surface area contributed by atoms with Gasteiger partial charge >= 0.3 is 0 Å². The van der Waals surface area contributed by atoms with E-state index in [-0.39, 0.29) is 0 Å². The Kier molecular flexibility index (Phi) is 5.32. The van der Waals surface area contributed by atoms with E-state index in [4.69, 9.17) is 21.3 Å². The summed E-state index contributed by atoms with van der Waals surface area (Å²) in [6.07, 6.45) is 3.47. The number of hydrogen-bond acceptors (Lipinski definition) is 4. The van der Waals surface area contributed by atoms with Gasteiger partial charge in [-0.25, -0.2) is 4.98 Å². The van der Waals surface area contributed by atoms with E-state index in [0.29, 0.717) is 11.6 Å². The van der Waals surface area contributed by atoms with E-state index < -0.39 is 0 Å². The fourth-order valence-corrected chi connectivity index (χ4v) is 3.18. The van der Waals surface area contributed by atoms with Crippen LogP contribution >= 0.6 is 11.6 Å². The molecule has 1 N–H and O–H groups in total. The highest BCUT2D eigenvalue weighted by molar-refractivity contribution is 6.30. The second-order valence-corrected chi connectivity index (χ2v) is 7.45. The number of H-pyrrole nitrogens is 1. The van der Waals surface area contributed by atoms with E-state index in [1.165, 1.54) is 0 Å². The van der Waals surface area contributed by atoms with Gasteiger partial charge in [-0.1, -0.05) is 17.7 Å². The molecule has 0 bridgehead atoms. The van der Waals surface area contributed by atoms with Crippen LogP contribution in [0.4, 0.5) is 0 Å². The van der Waals surface area contributed by atoms with Gasteiger partial charge in [-0.3, -0.25) is 9.97 Å². The number of imidazole rings is 1. The molecule has 0 unspecified atom stereocenters. The summed E-state index contributed by atoms with van der Waals surface area (Å²) in [4.78, 5) is 16.8. The number of aryl methyl sites for hydroxylation is 3. The molecule has 0 saturated carbocycles. The summed E-state index contributed by atoms with van der Waals surface area (Å²) in [5.41, 5.74) is 6.74. The highest BCUT2D eigenvalue weighted by Gasteiger charge is 2.13. The third-order valence-electron chi connectivity index (χ3n) is 4.65. The highest BCUT2D eigenvalue weighted by atomic mass is 35.5. The number of aromatic nitrogens is 4. The molecule has 0 fully saturated rings. The zero-order valence-electron chi connectivity index (χ0n) is 16.5. The second kappa shape index (κ2) is 8.05. The van der Waals surface area contributed by atoms with Crippen LogP contribution in [-0.4, -0.2) is 19.9 Å². The lowest BCUT2D eigenvalue weighted by Crippen LogP contribution is -1.99. The lowest BCUT2D eigenvalue weighted by atomic mass is 10.1. The molecule has 146 valence electrons. The molecule has 0 aliphatic rings. The average Bonchev–Trinajstić information content (AvgIpc) is 3.10. The van der Waals surface area contributed by atoms with Gasteiger partial charge < -0.3 is 9.72 Å². The zero-order valence-corrected chi connectivity index (χ0v) is 17.3. The minimum absolute atomic E-state index is 0.439. The van der Waals surface area contributed by atoms with Gasteiger partial charge in [0.1, 0.15) is 18.1 Å². The molecule has 4 aromatic rings. The SMILES string of the molecule is Cc1ccc(COc2ccc(-c3nc(-c4ccc(Cl)cn4)[nH]c3C)cc2C)nc1. The number of benzene rings is 1. The predicted octanol–water partition coefficient (Wildman–Crippen LogP) is 5.69. The van der Waals surface area contributed by atoms with Gasteiger partial charge in [0.15, 0.2) is 5.82 Å².